The van der Waals surface area contributed by atoms with Gasteiger partial charge < -0.3 is 4.74 Å². The van der Waals surface area contributed by atoms with Crippen molar-refractivity contribution in [2.45, 2.75) is 31.0 Å². The van der Waals surface area contributed by atoms with Crippen molar-refractivity contribution in [2.24, 2.45) is 0 Å². The summed E-state index contributed by atoms with van der Waals surface area (Å²) in [5.74, 6) is 1.16. The Balaban J connectivity index is 1.71. The molecule has 0 bridgehead atoms. The lowest BCUT2D eigenvalue weighted by Gasteiger charge is -2.35. The number of ether oxygens (including phenoxy) is 1. The fourth-order valence-electron chi connectivity index (χ4n) is 2.28. The molecule has 0 spiro atoms. The van der Waals surface area contributed by atoms with Gasteiger partial charge in [0, 0.05) is 30.3 Å². The van der Waals surface area contributed by atoms with E-state index in [0.29, 0.717) is 12.2 Å². The predicted molar refractivity (Wildman–Crippen MR) is 73.6 cm³/mol. The van der Waals surface area contributed by atoms with Crippen molar-refractivity contribution in [3.63, 3.8) is 0 Å². The Morgan fingerprint density at radius 1 is 1.18 bits per heavy atom. The van der Waals surface area contributed by atoms with Crippen LogP contribution in [-0.2, 0) is 4.74 Å². The molecule has 1 aliphatic heterocycles. The molecule has 94 valence electrons. The van der Waals surface area contributed by atoms with E-state index in [2.05, 4.69) is 49.1 Å². The third-order valence-corrected chi connectivity index (χ3v) is 3.91. The fraction of sp³-hybridized carbons (Fsp3) is 0.571. The highest BCUT2D eigenvalue weighted by Crippen LogP contribution is 2.18. The van der Waals surface area contributed by atoms with Gasteiger partial charge in [-0.15, -0.1) is 11.8 Å². The van der Waals surface area contributed by atoms with Gasteiger partial charge in [0.25, 0.3) is 0 Å². The Morgan fingerprint density at radius 2 is 1.82 bits per heavy atom. The minimum absolute atomic E-state index is 0.375. The topological polar surface area (TPSA) is 12.5 Å². The van der Waals surface area contributed by atoms with Crippen molar-refractivity contribution in [3.8, 4) is 0 Å². The minimum atomic E-state index is 0.375. The Kier molecular flexibility index (Phi) is 4.89. The Morgan fingerprint density at radius 3 is 2.47 bits per heavy atom. The zero-order valence-corrected chi connectivity index (χ0v) is 11.5. The van der Waals surface area contributed by atoms with Gasteiger partial charge in [0.1, 0.15) is 0 Å². The molecule has 1 aliphatic rings. The normalized spacial score (nSPS) is 26.0. The summed E-state index contributed by atoms with van der Waals surface area (Å²) >= 11 is 1.93. The van der Waals surface area contributed by atoms with Gasteiger partial charge in [-0.3, -0.25) is 4.90 Å². The third-order valence-electron chi connectivity index (χ3n) is 2.91. The van der Waals surface area contributed by atoms with E-state index >= 15 is 0 Å². The van der Waals surface area contributed by atoms with Gasteiger partial charge in [-0.25, -0.2) is 0 Å². The molecular weight excluding hydrogens is 230 g/mol. The highest BCUT2D eigenvalue weighted by molar-refractivity contribution is 7.99. The monoisotopic (exact) mass is 251 g/mol. The van der Waals surface area contributed by atoms with Gasteiger partial charge in [0.15, 0.2) is 0 Å². The fourth-order valence-corrected chi connectivity index (χ4v) is 3.21. The molecule has 2 nitrogen and oxygen atoms in total. The van der Waals surface area contributed by atoms with Crippen molar-refractivity contribution in [3.05, 3.63) is 30.3 Å². The van der Waals surface area contributed by atoms with Gasteiger partial charge in [0.05, 0.1) is 12.2 Å². The Bertz CT molecular complexity index is 320. The highest BCUT2D eigenvalue weighted by Gasteiger charge is 2.21. The zero-order chi connectivity index (χ0) is 12.1. The third kappa shape index (κ3) is 4.34. The van der Waals surface area contributed by atoms with E-state index in [0.717, 1.165) is 25.4 Å². The van der Waals surface area contributed by atoms with E-state index in [1.165, 1.54) is 4.90 Å². The van der Waals surface area contributed by atoms with E-state index in [-0.39, 0.29) is 0 Å². The number of thioether (sulfide) groups is 1. The second-order valence-corrected chi connectivity index (χ2v) is 5.85. The van der Waals surface area contributed by atoms with Crippen LogP contribution in [0, 0.1) is 0 Å². The van der Waals surface area contributed by atoms with Crippen molar-refractivity contribution >= 4 is 11.8 Å². The van der Waals surface area contributed by atoms with Crippen LogP contribution in [-0.4, -0.2) is 42.5 Å². The number of morpholine rings is 1. The average Bonchev–Trinajstić information content (AvgIpc) is 2.29. The van der Waals surface area contributed by atoms with Crippen molar-refractivity contribution in [1.82, 2.24) is 4.90 Å². The van der Waals surface area contributed by atoms with Gasteiger partial charge >= 0.3 is 0 Å². The summed E-state index contributed by atoms with van der Waals surface area (Å²) in [6.07, 6.45) is 0.751. The Hall–Kier alpha value is -0.510. The number of rotatable bonds is 4. The maximum atomic E-state index is 5.73. The molecule has 1 aromatic rings. The van der Waals surface area contributed by atoms with Crippen molar-refractivity contribution in [2.75, 3.05) is 25.4 Å². The molecule has 2 atom stereocenters. The van der Waals surface area contributed by atoms with Crippen LogP contribution in [0.15, 0.2) is 35.2 Å². The second kappa shape index (κ2) is 6.43. The lowest BCUT2D eigenvalue weighted by atomic mass is 10.2. The van der Waals surface area contributed by atoms with Crippen molar-refractivity contribution < 1.29 is 4.74 Å². The van der Waals surface area contributed by atoms with Gasteiger partial charge in [0.2, 0.25) is 0 Å². The van der Waals surface area contributed by atoms with Crippen LogP contribution in [0.2, 0.25) is 0 Å². The first-order valence-corrected chi connectivity index (χ1v) is 7.28. The molecule has 17 heavy (non-hydrogen) atoms. The van der Waals surface area contributed by atoms with Crippen LogP contribution in [0.5, 0.6) is 0 Å². The van der Waals surface area contributed by atoms with Gasteiger partial charge in [-0.1, -0.05) is 18.2 Å². The number of hydrogen-bond donors (Lipinski definition) is 0. The first kappa shape index (κ1) is 12.9. The molecule has 0 N–H and O–H groups in total. The maximum Gasteiger partial charge on any atom is 0.0678 e. The molecule has 2 rings (SSSR count). The molecule has 3 heteroatoms. The molecule has 0 amide bonds. The number of hydrogen-bond acceptors (Lipinski definition) is 3. The molecule has 0 radical (unpaired) electrons. The van der Waals surface area contributed by atoms with E-state index < -0.39 is 0 Å². The molecule has 1 aromatic carbocycles. The molecule has 1 heterocycles. The molecular formula is C14H21NOS. The summed E-state index contributed by atoms with van der Waals surface area (Å²) in [6.45, 7) is 7.61. The molecule has 0 saturated carbocycles. The quantitative estimate of drug-likeness (QED) is 0.764. The molecule has 2 unspecified atom stereocenters. The average molecular weight is 251 g/mol. The Labute approximate surface area is 108 Å². The molecule has 0 aromatic heterocycles. The summed E-state index contributed by atoms with van der Waals surface area (Å²) in [7, 11) is 0. The zero-order valence-electron chi connectivity index (χ0n) is 10.6. The first-order chi connectivity index (χ1) is 8.24. The summed E-state index contributed by atoms with van der Waals surface area (Å²) in [4.78, 5) is 3.87. The summed E-state index contributed by atoms with van der Waals surface area (Å²) in [6, 6.07) is 10.6. The molecule has 0 aliphatic carbocycles. The molecule has 1 saturated heterocycles. The lowest BCUT2D eigenvalue weighted by Crippen LogP contribution is -2.46. The highest BCUT2D eigenvalue weighted by atomic mass is 32.2. The summed E-state index contributed by atoms with van der Waals surface area (Å²) in [5, 5.41) is 0. The van der Waals surface area contributed by atoms with Crippen LogP contribution < -0.4 is 0 Å². The lowest BCUT2D eigenvalue weighted by molar-refractivity contribution is -0.0661. The van der Waals surface area contributed by atoms with Crippen LogP contribution in [0.3, 0.4) is 0 Å². The van der Waals surface area contributed by atoms with E-state index in [9.17, 15) is 0 Å². The van der Waals surface area contributed by atoms with E-state index in [1.54, 1.807) is 0 Å². The standard InChI is InChI=1S/C14H21NOS/c1-12-10-15(11-13(2)16-12)8-9-17-14-6-4-3-5-7-14/h3-7,12-13H,8-11H2,1-2H3. The van der Waals surface area contributed by atoms with Crippen LogP contribution in [0.4, 0.5) is 0 Å². The van der Waals surface area contributed by atoms with Crippen molar-refractivity contribution in [1.29, 1.82) is 0 Å². The molecule has 1 fully saturated rings. The number of nitrogens with zero attached hydrogens (tertiary/aromatic N) is 1. The van der Waals surface area contributed by atoms with Crippen LogP contribution >= 0.6 is 11.8 Å². The van der Waals surface area contributed by atoms with E-state index in [1.807, 2.05) is 11.8 Å². The second-order valence-electron chi connectivity index (χ2n) is 4.68. The SMILES string of the molecule is CC1CN(CCSc2ccccc2)CC(C)O1. The van der Waals surface area contributed by atoms with Crippen LogP contribution in [0.1, 0.15) is 13.8 Å². The predicted octanol–water partition coefficient (Wildman–Crippen LogP) is 2.89. The summed E-state index contributed by atoms with van der Waals surface area (Å²) in [5.41, 5.74) is 0. The van der Waals surface area contributed by atoms with E-state index in [4.69, 9.17) is 4.74 Å². The van der Waals surface area contributed by atoms with Gasteiger partial charge in [-0.05, 0) is 26.0 Å². The number of benzene rings is 1. The smallest absolute Gasteiger partial charge is 0.0678 e. The maximum absolute atomic E-state index is 5.73. The minimum Gasteiger partial charge on any atom is -0.373 e. The first-order valence-electron chi connectivity index (χ1n) is 6.29. The van der Waals surface area contributed by atoms with Gasteiger partial charge in [-0.2, -0.15) is 0 Å². The van der Waals surface area contributed by atoms with Crippen LogP contribution in [0.25, 0.3) is 0 Å². The largest absolute Gasteiger partial charge is 0.373 e. The summed E-state index contributed by atoms with van der Waals surface area (Å²) < 4.78 is 5.73.